The van der Waals surface area contributed by atoms with Gasteiger partial charge < -0.3 is 19.3 Å². The first kappa shape index (κ1) is 37.6. The molecule has 8 nitrogen and oxygen atoms in total. The van der Waals surface area contributed by atoms with Crippen molar-refractivity contribution in [1.82, 2.24) is 29.1 Å². The van der Waals surface area contributed by atoms with Crippen molar-refractivity contribution in [3.63, 3.8) is 0 Å². The van der Waals surface area contributed by atoms with Crippen LogP contribution in [0.5, 0.6) is 0 Å². The minimum absolute atomic E-state index is 0.249. The number of hydrogen-bond donors (Lipinski definition) is 1. The molecule has 308 valence electrons. The number of furan rings is 1. The van der Waals surface area contributed by atoms with Gasteiger partial charge in [0.1, 0.15) is 22.4 Å². The summed E-state index contributed by atoms with van der Waals surface area (Å²) in [5.74, 6) is 1.07. The molecular formula is C55H40FN7O. The van der Waals surface area contributed by atoms with Crippen LogP contribution in [0.3, 0.4) is 0 Å². The largest absolute Gasteiger partial charge is 0.456 e. The van der Waals surface area contributed by atoms with Gasteiger partial charge in [0.05, 0.1) is 33.6 Å². The monoisotopic (exact) mass is 833 g/mol. The van der Waals surface area contributed by atoms with Crippen LogP contribution in [0.1, 0.15) is 54.2 Å². The molecule has 0 amide bonds. The fourth-order valence-electron chi connectivity index (χ4n) is 9.65. The van der Waals surface area contributed by atoms with E-state index in [4.69, 9.17) is 20.1 Å². The molecule has 2 N–H and O–H groups in total. The summed E-state index contributed by atoms with van der Waals surface area (Å²) < 4.78 is 27.3. The van der Waals surface area contributed by atoms with Crippen LogP contribution in [-0.4, -0.2) is 29.1 Å². The summed E-state index contributed by atoms with van der Waals surface area (Å²) in [6.07, 6.45) is 25.2. The molecule has 12 rings (SSSR count). The summed E-state index contributed by atoms with van der Waals surface area (Å²) in [6.45, 7) is 2.21. The van der Waals surface area contributed by atoms with E-state index in [0.29, 0.717) is 22.5 Å². The van der Waals surface area contributed by atoms with Gasteiger partial charge in [-0.3, -0.25) is 9.97 Å². The first-order valence-corrected chi connectivity index (χ1v) is 21.6. The van der Waals surface area contributed by atoms with E-state index in [-0.39, 0.29) is 11.7 Å². The summed E-state index contributed by atoms with van der Waals surface area (Å²) in [5, 5.41) is 1.49. The summed E-state index contributed by atoms with van der Waals surface area (Å²) in [4.78, 5) is 19.9. The zero-order valence-electron chi connectivity index (χ0n) is 34.9. The highest BCUT2D eigenvalue weighted by molar-refractivity contribution is 6.06. The maximum absolute atomic E-state index is 17.0. The van der Waals surface area contributed by atoms with E-state index < -0.39 is 0 Å². The second kappa shape index (κ2) is 15.0. The van der Waals surface area contributed by atoms with Gasteiger partial charge >= 0.3 is 0 Å². The van der Waals surface area contributed by atoms with E-state index in [0.717, 1.165) is 102 Å². The highest BCUT2D eigenvalue weighted by atomic mass is 19.1. The minimum Gasteiger partial charge on any atom is -0.456 e. The van der Waals surface area contributed by atoms with E-state index in [1.807, 2.05) is 90.0 Å². The molecule has 9 heteroatoms. The van der Waals surface area contributed by atoms with Crippen LogP contribution in [0.15, 0.2) is 169 Å². The number of fused-ring (bicyclic) bond motifs is 7. The van der Waals surface area contributed by atoms with Crippen molar-refractivity contribution in [3.05, 3.63) is 193 Å². The van der Waals surface area contributed by atoms with E-state index in [1.54, 1.807) is 6.08 Å². The third-order valence-electron chi connectivity index (χ3n) is 12.7. The van der Waals surface area contributed by atoms with Gasteiger partial charge in [-0.1, -0.05) is 67.6 Å². The Balaban J connectivity index is 1.04. The first-order chi connectivity index (χ1) is 31.5. The molecular weight excluding hydrogens is 794 g/mol. The Morgan fingerprint density at radius 2 is 1.38 bits per heavy atom. The average molecular weight is 834 g/mol. The molecule has 64 heavy (non-hydrogen) atoms. The zero-order valence-corrected chi connectivity index (χ0v) is 34.9. The van der Waals surface area contributed by atoms with Gasteiger partial charge in [0, 0.05) is 75.1 Å². The third kappa shape index (κ3) is 6.11. The second-order valence-corrected chi connectivity index (χ2v) is 16.6. The van der Waals surface area contributed by atoms with Gasteiger partial charge in [0.15, 0.2) is 5.82 Å². The number of allylic oxidation sites excluding steroid dienone is 5. The Kier molecular flexibility index (Phi) is 8.82. The van der Waals surface area contributed by atoms with Crippen molar-refractivity contribution in [1.29, 1.82) is 0 Å². The Hall–Kier alpha value is -8.17. The van der Waals surface area contributed by atoms with Crippen molar-refractivity contribution >= 4 is 56.1 Å². The molecule has 0 saturated carbocycles. The fourth-order valence-corrected chi connectivity index (χ4v) is 9.65. The average Bonchev–Trinajstić information content (AvgIpc) is 3.98. The van der Waals surface area contributed by atoms with Gasteiger partial charge in [-0.05, 0) is 121 Å². The molecule has 0 aliphatic heterocycles. The summed E-state index contributed by atoms with van der Waals surface area (Å²) >= 11 is 0. The van der Waals surface area contributed by atoms with Crippen molar-refractivity contribution in [2.24, 2.45) is 5.73 Å². The highest BCUT2D eigenvalue weighted by Gasteiger charge is 2.25. The van der Waals surface area contributed by atoms with E-state index in [9.17, 15) is 0 Å². The molecule has 0 saturated heterocycles. The second-order valence-electron chi connectivity index (χ2n) is 16.6. The minimum atomic E-state index is -0.368. The Morgan fingerprint density at radius 3 is 2.14 bits per heavy atom. The Labute approximate surface area is 367 Å². The number of hydrogen-bond acceptors (Lipinski definition) is 6. The van der Waals surface area contributed by atoms with Crippen molar-refractivity contribution < 1.29 is 8.81 Å². The van der Waals surface area contributed by atoms with E-state index in [2.05, 4.69) is 100 Å². The molecule has 2 aliphatic carbocycles. The van der Waals surface area contributed by atoms with Crippen molar-refractivity contribution in [3.8, 4) is 45.0 Å². The molecule has 2 unspecified atom stereocenters. The van der Waals surface area contributed by atoms with Crippen LogP contribution >= 0.6 is 0 Å². The normalized spacial score (nSPS) is 16.0. The van der Waals surface area contributed by atoms with Gasteiger partial charge in [-0.25, -0.2) is 14.4 Å². The fraction of sp³-hybridized carbons (Fsp3) is 0.0909. The molecule has 10 aromatic rings. The van der Waals surface area contributed by atoms with E-state index >= 15 is 4.39 Å². The lowest BCUT2D eigenvalue weighted by atomic mass is 9.91. The smallest absolute Gasteiger partial charge is 0.156 e. The molecule has 7 heterocycles. The number of rotatable bonds is 7. The van der Waals surface area contributed by atoms with Crippen LogP contribution in [0, 0.1) is 5.82 Å². The quantitative estimate of drug-likeness (QED) is 0.172. The summed E-state index contributed by atoms with van der Waals surface area (Å²) in [5.41, 5.74) is 20.3. The number of benzene rings is 3. The van der Waals surface area contributed by atoms with Crippen LogP contribution in [0.4, 0.5) is 4.39 Å². The van der Waals surface area contributed by atoms with Gasteiger partial charge in [-0.15, -0.1) is 0 Å². The molecule has 0 bridgehead atoms. The van der Waals surface area contributed by atoms with Gasteiger partial charge in [0.25, 0.3) is 0 Å². The Morgan fingerprint density at radius 1 is 0.672 bits per heavy atom. The lowest BCUT2D eigenvalue weighted by Gasteiger charge is -2.14. The van der Waals surface area contributed by atoms with Crippen LogP contribution in [0.2, 0.25) is 0 Å². The maximum atomic E-state index is 17.0. The van der Waals surface area contributed by atoms with Gasteiger partial charge in [0.2, 0.25) is 0 Å². The Bertz CT molecular complexity index is 3630. The number of pyridine rings is 4. The number of nitrogens with zero attached hydrogens (tertiary/aromatic N) is 6. The highest BCUT2D eigenvalue weighted by Crippen LogP contribution is 2.41. The van der Waals surface area contributed by atoms with Crippen molar-refractivity contribution in [2.75, 3.05) is 0 Å². The summed E-state index contributed by atoms with van der Waals surface area (Å²) in [7, 11) is 0. The molecule has 0 radical (unpaired) electrons. The SMILES string of the molecule is CC1CC=Cc2oc3ccc(-n4c(/C=C\N)c(F)c5cc(-n6c7ccc(-c8cncc(-c9ccccc9)c8)nc7c7nc(-c8cncc(C9C=CC=CC9)c8)ccc76)ccc54)cc3c21. The van der Waals surface area contributed by atoms with Crippen molar-refractivity contribution in [2.45, 2.75) is 31.6 Å². The van der Waals surface area contributed by atoms with Crippen LogP contribution in [0.25, 0.3) is 101 Å². The lowest BCUT2D eigenvalue weighted by Crippen LogP contribution is -2.00. The topological polar surface area (TPSA) is 101 Å². The molecule has 0 spiro atoms. The molecule has 2 atom stereocenters. The van der Waals surface area contributed by atoms with Crippen LogP contribution < -0.4 is 5.73 Å². The number of halogens is 1. The third-order valence-corrected chi connectivity index (χ3v) is 12.7. The molecule has 2 aliphatic rings. The number of nitrogens with two attached hydrogens (primary N) is 1. The zero-order chi connectivity index (χ0) is 42.9. The van der Waals surface area contributed by atoms with Crippen LogP contribution in [-0.2, 0) is 0 Å². The summed E-state index contributed by atoms with van der Waals surface area (Å²) in [6, 6.07) is 34.7. The molecule has 7 aromatic heterocycles. The van der Waals surface area contributed by atoms with E-state index in [1.165, 1.54) is 11.8 Å². The predicted molar refractivity (Wildman–Crippen MR) is 256 cm³/mol. The predicted octanol–water partition coefficient (Wildman–Crippen LogP) is 13.2. The maximum Gasteiger partial charge on any atom is 0.156 e. The standard InChI is InChI=1S/C55H40FN7O/c1-33-9-8-14-51-52(33)43-28-41(16-22-50(43)64-51)62-46-19-15-40(27-42(46)53(56)47(62)23-24-57)63-48-20-17-44(38-25-36(29-58-31-38)34-10-4-2-5-11-34)60-54(48)55-49(63)21-18-45(61-55)39-26-37(30-59-32-39)35-12-6-3-7-13-35/h2-8,10-12,14-33,35H,9,13,57H2,1H3/b24-23-. The lowest BCUT2D eigenvalue weighted by molar-refractivity contribution is 0.586. The molecule has 3 aromatic carbocycles. The van der Waals surface area contributed by atoms with Gasteiger partial charge in [-0.2, -0.15) is 0 Å². The number of aromatic nitrogens is 6. The molecule has 0 fully saturated rings. The first-order valence-electron chi connectivity index (χ1n) is 21.6.